The highest BCUT2D eigenvalue weighted by atomic mass is 32.1. The molecule has 0 aliphatic heterocycles. The Balaban J connectivity index is 2.86. The summed E-state index contributed by atoms with van der Waals surface area (Å²) < 4.78 is 0.125. The van der Waals surface area contributed by atoms with Crippen LogP contribution in [0.15, 0.2) is 18.2 Å². The van der Waals surface area contributed by atoms with Gasteiger partial charge in [0.1, 0.15) is 0 Å². The first-order valence-corrected chi connectivity index (χ1v) is 9.40. The van der Waals surface area contributed by atoms with Gasteiger partial charge in [-0.25, -0.2) is 0 Å². The van der Waals surface area contributed by atoms with Crippen molar-refractivity contribution < 1.29 is 0 Å². The Morgan fingerprint density at radius 3 is 2.17 bits per heavy atom. The fraction of sp³-hybridized carbons (Fsp3) is 0.714. The molecule has 0 saturated carbocycles. The molecule has 2 heteroatoms. The lowest BCUT2D eigenvalue weighted by molar-refractivity contribution is 0.409. The molecule has 0 aliphatic rings. The largest absolute Gasteiger partial charge is 0.375 e. The first-order chi connectivity index (χ1) is 10.4. The van der Waals surface area contributed by atoms with Crippen LogP contribution < -0.4 is 4.90 Å². The van der Waals surface area contributed by atoms with Gasteiger partial charge in [0.2, 0.25) is 0 Å². The molecule has 1 aromatic rings. The van der Waals surface area contributed by atoms with Gasteiger partial charge in [0.05, 0.1) is 0 Å². The molecule has 1 aromatic carbocycles. The number of anilines is 1. The summed E-state index contributed by atoms with van der Waals surface area (Å²) in [6.07, 6.45) is 3.45. The molecule has 0 radical (unpaired) electrons. The predicted molar refractivity (Wildman–Crippen MR) is 109 cm³/mol. The van der Waals surface area contributed by atoms with Gasteiger partial charge in [0.15, 0.2) is 0 Å². The quantitative estimate of drug-likeness (QED) is 0.570. The van der Waals surface area contributed by atoms with Crippen LogP contribution >= 0.6 is 12.6 Å². The van der Waals surface area contributed by atoms with Gasteiger partial charge in [-0.1, -0.05) is 54.5 Å². The van der Waals surface area contributed by atoms with Crippen LogP contribution in [0.1, 0.15) is 78.4 Å². The molecule has 0 aromatic heterocycles. The second-order valence-electron chi connectivity index (χ2n) is 9.11. The van der Waals surface area contributed by atoms with Crippen molar-refractivity contribution >= 4 is 18.3 Å². The smallest absolute Gasteiger partial charge is 0.0366 e. The molecule has 0 heterocycles. The number of nitrogens with zero attached hydrogens (tertiary/aromatic N) is 1. The first-order valence-electron chi connectivity index (χ1n) is 8.95. The second-order valence-corrected chi connectivity index (χ2v) is 10.3. The van der Waals surface area contributed by atoms with Crippen LogP contribution in [-0.4, -0.2) is 18.3 Å². The monoisotopic (exact) mass is 335 g/mol. The minimum absolute atomic E-state index is 0.125. The van der Waals surface area contributed by atoms with Gasteiger partial charge in [-0.15, -0.1) is 0 Å². The molecule has 0 bridgehead atoms. The minimum Gasteiger partial charge on any atom is -0.375 e. The molecule has 1 nitrogen and oxygen atoms in total. The van der Waals surface area contributed by atoms with Crippen molar-refractivity contribution in [3.8, 4) is 0 Å². The summed E-state index contributed by atoms with van der Waals surface area (Å²) in [5.74, 6) is 0.567. The molecular weight excluding hydrogens is 298 g/mol. The number of hydrogen-bond donors (Lipinski definition) is 1. The Bertz CT molecular complexity index is 492. The van der Waals surface area contributed by atoms with Gasteiger partial charge in [-0.05, 0) is 53.9 Å². The lowest BCUT2D eigenvalue weighted by Gasteiger charge is -2.26. The molecule has 0 aliphatic carbocycles. The van der Waals surface area contributed by atoms with Crippen molar-refractivity contribution in [3.63, 3.8) is 0 Å². The van der Waals surface area contributed by atoms with E-state index in [9.17, 15) is 0 Å². The van der Waals surface area contributed by atoms with Gasteiger partial charge >= 0.3 is 0 Å². The van der Waals surface area contributed by atoms with Crippen LogP contribution in [-0.2, 0) is 6.42 Å². The highest BCUT2D eigenvalue weighted by molar-refractivity contribution is 7.81. The summed E-state index contributed by atoms with van der Waals surface area (Å²) in [5.41, 5.74) is 4.66. The average molecular weight is 336 g/mol. The Kier molecular flexibility index (Phi) is 7.07. The maximum atomic E-state index is 4.62. The fourth-order valence-corrected chi connectivity index (χ4v) is 3.13. The molecule has 0 N–H and O–H groups in total. The van der Waals surface area contributed by atoms with Gasteiger partial charge in [0, 0.05) is 24.0 Å². The van der Waals surface area contributed by atoms with Crippen molar-refractivity contribution in [1.82, 2.24) is 0 Å². The van der Waals surface area contributed by atoms with Crippen LogP contribution in [0.4, 0.5) is 5.69 Å². The summed E-state index contributed by atoms with van der Waals surface area (Å²) in [4.78, 5) is 2.38. The topological polar surface area (TPSA) is 3.24 Å². The van der Waals surface area contributed by atoms with E-state index in [1.807, 2.05) is 0 Å². The van der Waals surface area contributed by atoms with Crippen LogP contribution in [0.5, 0.6) is 0 Å². The molecule has 132 valence electrons. The summed E-state index contributed by atoms with van der Waals surface area (Å²) in [7, 11) is 2.20. The maximum absolute atomic E-state index is 4.62. The lowest BCUT2D eigenvalue weighted by Crippen LogP contribution is -2.21. The number of benzene rings is 1. The SMILES string of the molecule is CC(C)c1cc(N(C)CCCC(C)(C)S)ccc1CC(C)(C)C. The van der Waals surface area contributed by atoms with Crippen molar-refractivity contribution in [2.24, 2.45) is 5.41 Å². The van der Waals surface area contributed by atoms with Gasteiger partial charge in [0.25, 0.3) is 0 Å². The van der Waals surface area contributed by atoms with E-state index in [0.29, 0.717) is 11.3 Å². The molecule has 0 saturated heterocycles. The van der Waals surface area contributed by atoms with Crippen LogP contribution in [0, 0.1) is 5.41 Å². The summed E-state index contributed by atoms with van der Waals surface area (Å²) in [5, 5.41) is 0. The van der Waals surface area contributed by atoms with Crippen molar-refractivity contribution in [2.75, 3.05) is 18.5 Å². The van der Waals surface area contributed by atoms with E-state index < -0.39 is 0 Å². The van der Waals surface area contributed by atoms with E-state index in [2.05, 4.69) is 91.2 Å². The van der Waals surface area contributed by atoms with E-state index in [1.54, 1.807) is 0 Å². The molecule has 0 atom stereocenters. The Labute approximate surface area is 150 Å². The number of thiol groups is 1. The van der Waals surface area contributed by atoms with Crippen molar-refractivity contribution in [1.29, 1.82) is 0 Å². The molecule has 0 spiro atoms. The third-order valence-corrected chi connectivity index (χ3v) is 4.42. The van der Waals surface area contributed by atoms with E-state index in [4.69, 9.17) is 0 Å². The molecule has 23 heavy (non-hydrogen) atoms. The summed E-state index contributed by atoms with van der Waals surface area (Å²) in [6.45, 7) is 17.0. The van der Waals surface area contributed by atoms with Gasteiger partial charge < -0.3 is 4.90 Å². The standard InChI is InChI=1S/C21H37NS/c1-16(2)19-14-18(11-10-17(19)15-20(3,4)5)22(8)13-9-12-21(6,7)23/h10-11,14,16,23H,9,12-13,15H2,1-8H3. The zero-order valence-corrected chi connectivity index (χ0v) is 17.4. The van der Waals surface area contributed by atoms with E-state index in [-0.39, 0.29) is 4.75 Å². The lowest BCUT2D eigenvalue weighted by atomic mass is 9.84. The van der Waals surface area contributed by atoms with Crippen molar-refractivity contribution in [3.05, 3.63) is 29.3 Å². The zero-order chi connectivity index (χ0) is 17.8. The highest BCUT2D eigenvalue weighted by Gasteiger charge is 2.17. The Hall–Kier alpha value is -0.630. The number of hydrogen-bond acceptors (Lipinski definition) is 2. The van der Waals surface area contributed by atoms with Crippen LogP contribution in [0.25, 0.3) is 0 Å². The predicted octanol–water partition coefficient (Wildman–Crippen LogP) is 6.32. The third-order valence-electron chi connectivity index (χ3n) is 4.20. The second kappa shape index (κ2) is 7.96. The average Bonchev–Trinajstić information content (AvgIpc) is 2.35. The molecule has 0 fully saturated rings. The first kappa shape index (κ1) is 20.4. The summed E-state index contributed by atoms with van der Waals surface area (Å²) >= 11 is 4.62. The minimum atomic E-state index is 0.125. The molecule has 1 rings (SSSR count). The normalized spacial score (nSPS) is 12.8. The van der Waals surface area contributed by atoms with Gasteiger partial charge in [-0.3, -0.25) is 0 Å². The summed E-state index contributed by atoms with van der Waals surface area (Å²) in [6, 6.07) is 7.03. The van der Waals surface area contributed by atoms with Crippen LogP contribution in [0.2, 0.25) is 0 Å². The highest BCUT2D eigenvalue weighted by Crippen LogP contribution is 2.30. The fourth-order valence-electron chi connectivity index (χ4n) is 2.97. The Morgan fingerprint density at radius 1 is 1.09 bits per heavy atom. The molecular formula is C21H37NS. The van der Waals surface area contributed by atoms with E-state index in [1.165, 1.54) is 23.2 Å². The zero-order valence-electron chi connectivity index (χ0n) is 16.5. The Morgan fingerprint density at radius 2 is 1.70 bits per heavy atom. The molecule has 0 unspecified atom stereocenters. The number of rotatable bonds is 7. The van der Waals surface area contributed by atoms with Crippen molar-refractivity contribution in [2.45, 2.75) is 78.4 Å². The third kappa shape index (κ3) is 7.65. The maximum Gasteiger partial charge on any atom is 0.0366 e. The van der Waals surface area contributed by atoms with E-state index in [0.717, 1.165) is 19.4 Å². The molecule has 0 amide bonds. The van der Waals surface area contributed by atoms with E-state index >= 15 is 0 Å². The van der Waals surface area contributed by atoms with Crippen LogP contribution in [0.3, 0.4) is 0 Å². The van der Waals surface area contributed by atoms with Gasteiger partial charge in [-0.2, -0.15) is 12.6 Å².